The maximum Gasteiger partial charge on any atom is 0.410 e. The molecule has 0 aromatic carbocycles. The Bertz CT molecular complexity index is 1140. The van der Waals surface area contributed by atoms with Crippen LogP contribution >= 0.6 is 11.3 Å². The molecule has 34 heavy (non-hydrogen) atoms. The van der Waals surface area contributed by atoms with E-state index >= 15 is 0 Å². The second kappa shape index (κ2) is 11.8. The molecule has 1 fully saturated rings. The van der Waals surface area contributed by atoms with Crippen molar-refractivity contribution < 1.29 is 23.8 Å². The second-order valence-electron chi connectivity index (χ2n) is 8.66. The number of nitrogens with one attached hydrogen (secondary N) is 1. The molecule has 0 saturated heterocycles. The number of alkyl carbamates (subject to hydrolysis) is 1. The molecule has 0 bridgehead atoms. The number of Topliss-reactive ketones (excluding diaryl/α,β-unsaturated/α-hetero) is 1. The average Bonchev–Trinajstić information content (AvgIpc) is 3.54. The summed E-state index contributed by atoms with van der Waals surface area (Å²) in [7, 11) is 1.28. The lowest BCUT2D eigenvalue weighted by molar-refractivity contribution is 0.102. The second-order valence-corrected chi connectivity index (χ2v) is 9.86. The van der Waals surface area contributed by atoms with E-state index in [-0.39, 0.29) is 17.2 Å². The number of ketones is 1. The van der Waals surface area contributed by atoms with Crippen molar-refractivity contribution >= 4 is 29.3 Å². The Hall–Kier alpha value is -3.13. The SMILES string of the molecule is COC(=O)N/C=C/CCC(C)c1cc(O)c(C(=O)C(C)=Cc2ccc(CCC3CC3)s2)c(=O)o1. The van der Waals surface area contributed by atoms with Gasteiger partial charge in [0.05, 0.1) is 7.11 Å². The molecule has 0 aliphatic heterocycles. The summed E-state index contributed by atoms with van der Waals surface area (Å²) in [6.07, 6.45) is 10.6. The van der Waals surface area contributed by atoms with Crippen molar-refractivity contribution in [1.82, 2.24) is 5.32 Å². The number of hydrogen-bond acceptors (Lipinski definition) is 7. The van der Waals surface area contributed by atoms with Crippen LogP contribution in [0.25, 0.3) is 6.08 Å². The number of ether oxygens (including phenoxy) is 1. The van der Waals surface area contributed by atoms with Gasteiger partial charge in [-0.25, -0.2) is 9.59 Å². The highest BCUT2D eigenvalue weighted by Gasteiger charge is 2.23. The Balaban J connectivity index is 1.63. The van der Waals surface area contributed by atoms with E-state index in [0.717, 1.165) is 17.2 Å². The monoisotopic (exact) mass is 485 g/mol. The largest absolute Gasteiger partial charge is 0.507 e. The van der Waals surface area contributed by atoms with Gasteiger partial charge in [0.25, 0.3) is 0 Å². The maximum atomic E-state index is 12.9. The molecule has 2 heterocycles. The van der Waals surface area contributed by atoms with Crippen LogP contribution in [-0.4, -0.2) is 24.1 Å². The summed E-state index contributed by atoms with van der Waals surface area (Å²) in [5.41, 5.74) is -0.835. The van der Waals surface area contributed by atoms with Gasteiger partial charge in [0.15, 0.2) is 5.78 Å². The number of amides is 1. The molecule has 2 aromatic rings. The van der Waals surface area contributed by atoms with Crippen LogP contribution in [0.3, 0.4) is 0 Å². The molecule has 8 heteroatoms. The van der Waals surface area contributed by atoms with Crippen LogP contribution in [0.15, 0.2) is 45.3 Å². The number of aromatic hydroxyl groups is 1. The standard InChI is InChI=1S/C26H31NO6S/c1-16(6-4-5-13-27-26(31)32-3)22-15-21(28)23(25(30)33-22)24(29)17(2)14-20-12-11-19(34-20)10-9-18-7-8-18/h5,11-16,18,28H,4,6-10H2,1-3H3,(H,27,31)/b13-5+,17-14?. The van der Waals surface area contributed by atoms with Crippen LogP contribution in [0.1, 0.15) is 77.7 Å². The first kappa shape index (κ1) is 25.5. The lowest BCUT2D eigenvalue weighted by Gasteiger charge is -2.11. The number of carbonyl (C=O) groups excluding carboxylic acids is 2. The number of rotatable bonds is 11. The van der Waals surface area contributed by atoms with Crippen molar-refractivity contribution in [1.29, 1.82) is 0 Å². The van der Waals surface area contributed by atoms with Gasteiger partial charge in [-0.1, -0.05) is 25.8 Å². The van der Waals surface area contributed by atoms with Gasteiger partial charge in [-0.3, -0.25) is 10.1 Å². The van der Waals surface area contributed by atoms with Gasteiger partial charge in [0, 0.05) is 27.9 Å². The number of methoxy groups -OCH3 is 1. The average molecular weight is 486 g/mol. The number of aryl methyl sites for hydroxylation is 1. The zero-order chi connectivity index (χ0) is 24.7. The van der Waals surface area contributed by atoms with E-state index in [9.17, 15) is 19.5 Å². The van der Waals surface area contributed by atoms with E-state index in [1.54, 1.807) is 30.4 Å². The van der Waals surface area contributed by atoms with Gasteiger partial charge in [0.1, 0.15) is 17.1 Å². The minimum atomic E-state index is -0.848. The molecule has 0 radical (unpaired) electrons. The van der Waals surface area contributed by atoms with Crippen molar-refractivity contribution in [2.24, 2.45) is 5.92 Å². The van der Waals surface area contributed by atoms with Gasteiger partial charge in [-0.05, 0) is 62.3 Å². The van der Waals surface area contributed by atoms with Crippen molar-refractivity contribution in [3.8, 4) is 5.75 Å². The van der Waals surface area contributed by atoms with E-state index in [0.29, 0.717) is 24.2 Å². The molecule has 1 aliphatic carbocycles. The Morgan fingerprint density at radius 3 is 2.79 bits per heavy atom. The Labute approximate surface area is 203 Å². The summed E-state index contributed by atoms with van der Waals surface area (Å²) in [5, 5.41) is 12.9. The fourth-order valence-corrected chi connectivity index (χ4v) is 4.57. The summed E-state index contributed by atoms with van der Waals surface area (Å²) in [6, 6.07) is 5.40. The van der Waals surface area contributed by atoms with Crippen molar-refractivity contribution in [2.75, 3.05) is 7.11 Å². The van der Waals surface area contributed by atoms with Crippen molar-refractivity contribution in [3.05, 3.63) is 67.5 Å². The Morgan fingerprint density at radius 1 is 1.35 bits per heavy atom. The lowest BCUT2D eigenvalue weighted by atomic mass is 10.00. The van der Waals surface area contributed by atoms with Gasteiger partial charge in [0.2, 0.25) is 0 Å². The van der Waals surface area contributed by atoms with Gasteiger partial charge in [-0.2, -0.15) is 0 Å². The molecule has 1 unspecified atom stereocenters. The van der Waals surface area contributed by atoms with Crippen LogP contribution in [-0.2, 0) is 11.2 Å². The third-order valence-corrected chi connectivity index (χ3v) is 6.92. The predicted octanol–water partition coefficient (Wildman–Crippen LogP) is 5.79. The first-order chi connectivity index (χ1) is 16.3. The molecule has 182 valence electrons. The fraction of sp³-hybridized carbons (Fsp3) is 0.423. The minimum absolute atomic E-state index is 0.178. The van der Waals surface area contributed by atoms with Gasteiger partial charge < -0.3 is 14.3 Å². The first-order valence-electron chi connectivity index (χ1n) is 11.5. The van der Waals surface area contributed by atoms with Crippen LogP contribution in [0.2, 0.25) is 0 Å². The molecule has 1 amide bonds. The predicted molar refractivity (Wildman–Crippen MR) is 132 cm³/mol. The summed E-state index contributed by atoms with van der Waals surface area (Å²) in [5.74, 6) is 0.0681. The molecule has 7 nitrogen and oxygen atoms in total. The fourth-order valence-electron chi connectivity index (χ4n) is 3.54. The minimum Gasteiger partial charge on any atom is -0.507 e. The molecule has 2 N–H and O–H groups in total. The van der Waals surface area contributed by atoms with E-state index in [1.807, 2.05) is 13.0 Å². The van der Waals surface area contributed by atoms with Gasteiger partial charge in [-0.15, -0.1) is 11.3 Å². The molecular weight excluding hydrogens is 454 g/mol. The quantitative estimate of drug-likeness (QED) is 0.308. The topological polar surface area (TPSA) is 106 Å². The molecule has 2 aromatic heterocycles. The summed E-state index contributed by atoms with van der Waals surface area (Å²) in [6.45, 7) is 3.49. The molecule has 1 aliphatic rings. The smallest absolute Gasteiger partial charge is 0.410 e. The molecular formula is C26H31NO6S. The number of carbonyl (C=O) groups is 2. The number of thiophene rings is 1. The third-order valence-electron chi connectivity index (χ3n) is 5.83. The van der Waals surface area contributed by atoms with Crippen LogP contribution in [0.4, 0.5) is 4.79 Å². The van der Waals surface area contributed by atoms with E-state index < -0.39 is 17.5 Å². The molecule has 3 rings (SSSR count). The zero-order valence-electron chi connectivity index (χ0n) is 19.8. The lowest BCUT2D eigenvalue weighted by Crippen LogP contribution is -2.16. The number of allylic oxidation sites excluding steroid dienone is 2. The summed E-state index contributed by atoms with van der Waals surface area (Å²) < 4.78 is 9.84. The Kier molecular flexibility index (Phi) is 8.87. The van der Waals surface area contributed by atoms with E-state index in [4.69, 9.17) is 4.42 Å². The first-order valence-corrected chi connectivity index (χ1v) is 12.3. The maximum absolute atomic E-state index is 12.9. The Morgan fingerprint density at radius 2 is 2.12 bits per heavy atom. The molecule has 1 saturated carbocycles. The van der Waals surface area contributed by atoms with Gasteiger partial charge >= 0.3 is 11.7 Å². The normalized spacial score (nSPS) is 14.9. The third kappa shape index (κ3) is 7.18. The highest BCUT2D eigenvalue weighted by molar-refractivity contribution is 7.12. The van der Waals surface area contributed by atoms with E-state index in [2.05, 4.69) is 16.1 Å². The summed E-state index contributed by atoms with van der Waals surface area (Å²) >= 11 is 1.64. The van der Waals surface area contributed by atoms with E-state index in [1.165, 1.54) is 43.5 Å². The highest BCUT2D eigenvalue weighted by atomic mass is 32.1. The van der Waals surface area contributed by atoms with Crippen molar-refractivity contribution in [2.45, 2.75) is 58.3 Å². The zero-order valence-corrected chi connectivity index (χ0v) is 20.6. The van der Waals surface area contributed by atoms with Crippen LogP contribution in [0, 0.1) is 5.92 Å². The molecule has 1 atom stereocenters. The van der Waals surface area contributed by atoms with Crippen LogP contribution in [0.5, 0.6) is 5.75 Å². The van der Waals surface area contributed by atoms with Crippen molar-refractivity contribution in [3.63, 3.8) is 0 Å². The molecule has 0 spiro atoms. The summed E-state index contributed by atoms with van der Waals surface area (Å²) in [4.78, 5) is 38.7. The number of hydrogen-bond donors (Lipinski definition) is 2. The highest BCUT2D eigenvalue weighted by Crippen LogP contribution is 2.34. The van der Waals surface area contributed by atoms with Crippen LogP contribution < -0.4 is 10.9 Å².